The van der Waals surface area contributed by atoms with Crippen molar-refractivity contribution in [3.63, 3.8) is 0 Å². The van der Waals surface area contributed by atoms with Gasteiger partial charge in [0, 0.05) is 29.3 Å². The van der Waals surface area contributed by atoms with Gasteiger partial charge in [0.05, 0.1) is 12.2 Å². The Bertz CT molecular complexity index is 621. The first-order valence-electron chi connectivity index (χ1n) is 6.26. The van der Waals surface area contributed by atoms with Crippen LogP contribution in [0.4, 0.5) is 5.82 Å². The molecule has 2 N–H and O–H groups in total. The molecule has 0 unspecified atom stereocenters. The molecule has 0 radical (unpaired) electrons. The van der Waals surface area contributed by atoms with Gasteiger partial charge in [-0.3, -0.25) is 4.79 Å². The first-order valence-corrected chi connectivity index (χ1v) is 6.26. The quantitative estimate of drug-likeness (QED) is 0.768. The Hall–Kier alpha value is -2.48. The highest BCUT2D eigenvalue weighted by atomic mass is 16.3. The van der Waals surface area contributed by atoms with Crippen LogP contribution >= 0.6 is 0 Å². The molecule has 1 aromatic heterocycles. The van der Waals surface area contributed by atoms with Crippen LogP contribution in [0.3, 0.4) is 0 Å². The van der Waals surface area contributed by atoms with Gasteiger partial charge in [-0.2, -0.15) is 0 Å². The van der Waals surface area contributed by atoms with Crippen molar-refractivity contribution in [2.24, 2.45) is 5.41 Å². The average Bonchev–Trinajstić information content (AvgIpc) is 2.37. The maximum absolute atomic E-state index is 11.9. The molecule has 0 aromatic carbocycles. The Balaban J connectivity index is 2.30. The summed E-state index contributed by atoms with van der Waals surface area (Å²) in [6.45, 7) is 5.83. The molecule has 0 bridgehead atoms. The monoisotopic (exact) mass is 271 g/mol. The third kappa shape index (κ3) is 2.75. The van der Waals surface area contributed by atoms with Crippen molar-refractivity contribution >= 4 is 17.8 Å². The lowest BCUT2D eigenvalue weighted by atomic mass is 9.96. The molecule has 5 nitrogen and oxygen atoms in total. The second kappa shape index (κ2) is 4.89. The topological polar surface area (TPSA) is 65.5 Å². The molecule has 2 rings (SSSR count). The molecule has 5 heteroatoms. The van der Waals surface area contributed by atoms with Crippen molar-refractivity contribution in [2.75, 3.05) is 5.32 Å². The van der Waals surface area contributed by atoms with E-state index in [2.05, 4.69) is 16.3 Å². The van der Waals surface area contributed by atoms with E-state index in [1.165, 1.54) is 6.07 Å². The highest BCUT2D eigenvalue weighted by Gasteiger charge is 2.23. The summed E-state index contributed by atoms with van der Waals surface area (Å²) in [5, 5.41) is 12.7. The largest absolute Gasteiger partial charge is 0.507 e. The van der Waals surface area contributed by atoms with Gasteiger partial charge in [0.2, 0.25) is 5.91 Å². The number of rotatable bonds is 1. The zero-order chi connectivity index (χ0) is 14.9. The molecule has 0 saturated carbocycles. The number of amides is 1. The standard InChI is InChI=1S/C15H17N3O2/c1-5-18-7-6-11-10(9-18)12(19)8-13(16-11)17-14(20)15(2,3)4/h1,6-8H,9H2,2-4H3,(H2,16,17,19,20). The minimum atomic E-state index is -0.524. The van der Waals surface area contributed by atoms with Crippen LogP contribution in [0.15, 0.2) is 12.3 Å². The van der Waals surface area contributed by atoms with Crippen LogP contribution in [0.2, 0.25) is 0 Å². The van der Waals surface area contributed by atoms with E-state index in [0.717, 1.165) is 0 Å². The van der Waals surface area contributed by atoms with Crippen molar-refractivity contribution in [1.29, 1.82) is 0 Å². The lowest BCUT2D eigenvalue weighted by Gasteiger charge is -2.21. The number of nitrogens with zero attached hydrogens (tertiary/aromatic N) is 2. The molecule has 0 atom stereocenters. The maximum Gasteiger partial charge on any atom is 0.230 e. The van der Waals surface area contributed by atoms with Gasteiger partial charge in [-0.15, -0.1) is 0 Å². The van der Waals surface area contributed by atoms with Crippen LogP contribution in [0, 0.1) is 17.9 Å². The molecule has 1 aliphatic rings. The molecule has 2 heterocycles. The van der Waals surface area contributed by atoms with Crippen LogP contribution in [-0.4, -0.2) is 20.9 Å². The summed E-state index contributed by atoms with van der Waals surface area (Å²) in [4.78, 5) is 17.9. The molecule has 20 heavy (non-hydrogen) atoms. The van der Waals surface area contributed by atoms with Crippen molar-refractivity contribution in [3.8, 4) is 18.2 Å². The lowest BCUT2D eigenvalue weighted by Crippen LogP contribution is -2.28. The average molecular weight is 271 g/mol. The summed E-state index contributed by atoms with van der Waals surface area (Å²) in [5.74, 6) is 0.248. The number of carbonyl (C=O) groups excluding carboxylic acids is 1. The number of aromatic nitrogens is 1. The predicted octanol–water partition coefficient (Wildman–Crippen LogP) is 2.15. The van der Waals surface area contributed by atoms with Crippen molar-refractivity contribution in [1.82, 2.24) is 9.88 Å². The number of fused-ring (bicyclic) bond motifs is 1. The molecule has 1 aliphatic heterocycles. The van der Waals surface area contributed by atoms with E-state index in [9.17, 15) is 9.90 Å². The van der Waals surface area contributed by atoms with E-state index in [4.69, 9.17) is 6.42 Å². The summed E-state index contributed by atoms with van der Waals surface area (Å²) in [6.07, 6.45) is 8.75. The molecule has 104 valence electrons. The van der Waals surface area contributed by atoms with Crippen LogP contribution in [-0.2, 0) is 11.3 Å². The summed E-state index contributed by atoms with van der Waals surface area (Å²) >= 11 is 0. The first-order chi connectivity index (χ1) is 9.31. The first kappa shape index (κ1) is 13.9. The van der Waals surface area contributed by atoms with E-state index >= 15 is 0 Å². The number of carbonyl (C=O) groups is 1. The van der Waals surface area contributed by atoms with E-state index < -0.39 is 5.41 Å². The Morgan fingerprint density at radius 2 is 2.25 bits per heavy atom. The Labute approximate surface area is 118 Å². The predicted molar refractivity (Wildman–Crippen MR) is 77.4 cm³/mol. The normalized spacial score (nSPS) is 13.6. The number of hydrogen-bond donors (Lipinski definition) is 2. The van der Waals surface area contributed by atoms with Gasteiger partial charge in [-0.05, 0) is 6.08 Å². The smallest absolute Gasteiger partial charge is 0.230 e. The van der Waals surface area contributed by atoms with Gasteiger partial charge >= 0.3 is 0 Å². The number of nitrogens with one attached hydrogen (secondary N) is 1. The van der Waals surface area contributed by atoms with Gasteiger partial charge in [-0.25, -0.2) is 4.98 Å². The molecule has 1 amide bonds. The fraction of sp³-hybridized carbons (Fsp3) is 0.333. The van der Waals surface area contributed by atoms with Crippen LogP contribution in [0.5, 0.6) is 5.75 Å². The van der Waals surface area contributed by atoms with Gasteiger partial charge < -0.3 is 15.3 Å². The highest BCUT2D eigenvalue weighted by molar-refractivity contribution is 5.94. The lowest BCUT2D eigenvalue weighted by molar-refractivity contribution is -0.123. The molecule has 0 spiro atoms. The SMILES string of the molecule is C#CN1C=Cc2nc(NC(=O)C(C)(C)C)cc(O)c2C1. The number of pyridine rings is 1. The van der Waals surface area contributed by atoms with Crippen LogP contribution < -0.4 is 5.32 Å². The molecule has 0 saturated heterocycles. The number of anilines is 1. The van der Waals surface area contributed by atoms with Gasteiger partial charge in [0.25, 0.3) is 0 Å². The summed E-state index contributed by atoms with van der Waals surface area (Å²) in [7, 11) is 0. The van der Waals surface area contributed by atoms with Crippen molar-refractivity contribution in [2.45, 2.75) is 27.3 Å². The molecule has 0 fully saturated rings. The molecule has 1 aromatic rings. The fourth-order valence-corrected chi connectivity index (χ4v) is 1.72. The van der Waals surface area contributed by atoms with Crippen LogP contribution in [0.1, 0.15) is 32.0 Å². The highest BCUT2D eigenvalue weighted by Crippen LogP contribution is 2.29. The van der Waals surface area contributed by atoms with E-state index in [1.807, 2.05) is 20.8 Å². The zero-order valence-electron chi connectivity index (χ0n) is 11.8. The Kier molecular flexibility index (Phi) is 3.41. The third-order valence-electron chi connectivity index (χ3n) is 2.96. The minimum absolute atomic E-state index is 0.0730. The van der Waals surface area contributed by atoms with Crippen LogP contribution in [0.25, 0.3) is 6.08 Å². The summed E-state index contributed by atoms with van der Waals surface area (Å²) in [6, 6.07) is 3.92. The number of terminal acetylenes is 1. The van der Waals surface area contributed by atoms with Gasteiger partial charge in [-0.1, -0.05) is 27.2 Å². The molecule has 0 aliphatic carbocycles. The molecular weight excluding hydrogens is 254 g/mol. The van der Waals surface area contributed by atoms with E-state index in [1.54, 1.807) is 17.2 Å². The second-order valence-corrected chi connectivity index (χ2v) is 5.67. The number of aromatic hydroxyl groups is 1. The summed E-state index contributed by atoms with van der Waals surface area (Å²) < 4.78 is 0. The Morgan fingerprint density at radius 3 is 2.85 bits per heavy atom. The summed E-state index contributed by atoms with van der Waals surface area (Å²) in [5.41, 5.74) is 0.739. The van der Waals surface area contributed by atoms with Gasteiger partial charge in [0.15, 0.2) is 0 Å². The molecular formula is C15H17N3O2. The maximum atomic E-state index is 11.9. The fourth-order valence-electron chi connectivity index (χ4n) is 1.72. The second-order valence-electron chi connectivity index (χ2n) is 5.67. The third-order valence-corrected chi connectivity index (χ3v) is 2.96. The number of hydrogen-bond acceptors (Lipinski definition) is 4. The van der Waals surface area contributed by atoms with E-state index in [0.29, 0.717) is 23.6 Å². The van der Waals surface area contributed by atoms with Crippen molar-refractivity contribution < 1.29 is 9.90 Å². The van der Waals surface area contributed by atoms with Gasteiger partial charge in [0.1, 0.15) is 11.6 Å². The zero-order valence-corrected chi connectivity index (χ0v) is 11.8. The van der Waals surface area contributed by atoms with Crippen molar-refractivity contribution in [3.05, 3.63) is 23.5 Å². The minimum Gasteiger partial charge on any atom is -0.507 e. The van der Waals surface area contributed by atoms with E-state index in [-0.39, 0.29) is 11.7 Å². The Morgan fingerprint density at radius 1 is 1.55 bits per heavy atom.